The fourth-order valence-electron chi connectivity index (χ4n) is 2.84. The highest BCUT2D eigenvalue weighted by Gasteiger charge is 2.17. The van der Waals surface area contributed by atoms with E-state index in [4.69, 9.17) is 0 Å². The van der Waals surface area contributed by atoms with Gasteiger partial charge in [-0.3, -0.25) is 0 Å². The fraction of sp³-hybridized carbons (Fsp3) is 0.333. The molecule has 0 saturated heterocycles. The zero-order valence-electron chi connectivity index (χ0n) is 12.7. The van der Waals surface area contributed by atoms with Crippen LogP contribution in [-0.2, 0) is 0 Å². The van der Waals surface area contributed by atoms with Crippen LogP contribution in [0.15, 0.2) is 22.9 Å². The van der Waals surface area contributed by atoms with E-state index in [-0.39, 0.29) is 0 Å². The zero-order valence-corrected chi connectivity index (χ0v) is 15.1. The first-order chi connectivity index (χ1) is 10.1. The summed E-state index contributed by atoms with van der Waals surface area (Å²) in [7, 11) is 0. The normalized spacial score (nSPS) is 12.7. The monoisotopic (exact) mass is 330 g/mol. The Morgan fingerprint density at radius 1 is 0.667 bits per heavy atom. The van der Waals surface area contributed by atoms with Crippen LogP contribution in [0.4, 0.5) is 0 Å². The van der Waals surface area contributed by atoms with Gasteiger partial charge in [-0.05, 0) is 34.7 Å². The maximum Gasteiger partial charge on any atom is 0.0530 e. The Morgan fingerprint density at radius 3 is 1.48 bits per heavy atom. The summed E-state index contributed by atoms with van der Waals surface area (Å²) in [5.74, 6) is 1.21. The van der Waals surface area contributed by atoms with E-state index in [1.807, 2.05) is 34.0 Å². The number of hydrogen-bond donors (Lipinski definition) is 0. The summed E-state index contributed by atoms with van der Waals surface area (Å²) in [5.41, 5.74) is 0. The fourth-order valence-corrected chi connectivity index (χ4v) is 6.20. The van der Waals surface area contributed by atoms with Gasteiger partial charge in [0.25, 0.3) is 0 Å². The van der Waals surface area contributed by atoms with Gasteiger partial charge in [-0.25, -0.2) is 0 Å². The molecule has 4 aromatic rings. The summed E-state index contributed by atoms with van der Waals surface area (Å²) in [4.78, 5) is 3.01. The van der Waals surface area contributed by atoms with Gasteiger partial charge < -0.3 is 0 Å². The lowest BCUT2D eigenvalue weighted by atomic mass is 10.1. The molecule has 0 aliphatic rings. The molecule has 3 heterocycles. The highest BCUT2D eigenvalue weighted by atomic mass is 32.1. The Kier molecular flexibility index (Phi) is 3.14. The van der Waals surface area contributed by atoms with Crippen LogP contribution >= 0.6 is 34.0 Å². The second-order valence-corrected chi connectivity index (χ2v) is 9.20. The molecule has 3 aromatic heterocycles. The first kappa shape index (κ1) is 13.7. The lowest BCUT2D eigenvalue weighted by Gasteiger charge is -1.97. The summed E-state index contributed by atoms with van der Waals surface area (Å²) in [6.07, 6.45) is 0. The van der Waals surface area contributed by atoms with Crippen molar-refractivity contribution in [1.29, 1.82) is 0 Å². The summed E-state index contributed by atoms with van der Waals surface area (Å²) in [6, 6.07) is 4.85. The average Bonchev–Trinajstić information content (AvgIpc) is 3.14. The number of hydrogen-bond acceptors (Lipinski definition) is 3. The van der Waals surface area contributed by atoms with Gasteiger partial charge in [0.2, 0.25) is 0 Å². The van der Waals surface area contributed by atoms with Gasteiger partial charge in [-0.1, -0.05) is 27.7 Å². The van der Waals surface area contributed by atoms with Crippen LogP contribution in [-0.4, -0.2) is 0 Å². The van der Waals surface area contributed by atoms with Gasteiger partial charge >= 0.3 is 0 Å². The predicted molar refractivity (Wildman–Crippen MR) is 101 cm³/mol. The molecule has 0 atom stereocenters. The van der Waals surface area contributed by atoms with E-state index in [0.717, 1.165) is 0 Å². The maximum absolute atomic E-state index is 2.42. The van der Waals surface area contributed by atoms with Gasteiger partial charge in [-0.2, -0.15) is 11.3 Å². The third-order valence-electron chi connectivity index (χ3n) is 4.09. The molecule has 0 aliphatic carbocycles. The molecule has 0 fully saturated rings. The molecule has 3 heteroatoms. The molecule has 0 saturated carbocycles. The molecule has 1 aromatic carbocycles. The van der Waals surface area contributed by atoms with Crippen LogP contribution in [0.1, 0.15) is 49.3 Å². The number of fused-ring (bicyclic) bond motifs is 6. The molecular formula is C18H18S3. The van der Waals surface area contributed by atoms with Gasteiger partial charge in [0.1, 0.15) is 0 Å². The standard InChI is InChI=1S/C18H18S3/c1-9(2)15-5-11-13-7-19-8-14(13)12-6-16(10(3)4)21-18(12)17(11)20-15/h5-10H,1-4H3. The average molecular weight is 331 g/mol. The highest BCUT2D eigenvalue weighted by molar-refractivity contribution is 7.27. The number of rotatable bonds is 2. The van der Waals surface area contributed by atoms with Crippen LogP contribution in [0.25, 0.3) is 30.9 Å². The van der Waals surface area contributed by atoms with E-state index in [9.17, 15) is 0 Å². The lowest BCUT2D eigenvalue weighted by molar-refractivity contribution is 0.890. The SMILES string of the molecule is CC(C)c1cc2c3cscc3c3cc(C(C)C)sc3c2s1. The third-order valence-corrected chi connectivity index (χ3v) is 7.87. The van der Waals surface area contributed by atoms with Crippen molar-refractivity contribution in [3.63, 3.8) is 0 Å². The van der Waals surface area contributed by atoms with Crippen molar-refractivity contribution in [2.24, 2.45) is 0 Å². The van der Waals surface area contributed by atoms with Gasteiger partial charge in [-0.15, -0.1) is 22.7 Å². The lowest BCUT2D eigenvalue weighted by Crippen LogP contribution is -1.78. The Balaban J connectivity index is 2.21. The van der Waals surface area contributed by atoms with Crippen LogP contribution in [0.3, 0.4) is 0 Å². The van der Waals surface area contributed by atoms with Crippen molar-refractivity contribution in [3.8, 4) is 0 Å². The molecule has 21 heavy (non-hydrogen) atoms. The van der Waals surface area contributed by atoms with Crippen LogP contribution in [0.2, 0.25) is 0 Å². The molecule has 0 amide bonds. The molecule has 108 valence electrons. The minimum absolute atomic E-state index is 0.607. The molecule has 0 spiro atoms. The van der Waals surface area contributed by atoms with Crippen molar-refractivity contribution in [1.82, 2.24) is 0 Å². The van der Waals surface area contributed by atoms with E-state index in [1.54, 1.807) is 0 Å². The van der Waals surface area contributed by atoms with Crippen molar-refractivity contribution in [3.05, 3.63) is 32.6 Å². The topological polar surface area (TPSA) is 0 Å². The highest BCUT2D eigenvalue weighted by Crippen LogP contribution is 2.46. The molecule has 4 rings (SSSR count). The molecule has 0 nitrogen and oxygen atoms in total. The van der Waals surface area contributed by atoms with Crippen LogP contribution < -0.4 is 0 Å². The molecular weight excluding hydrogens is 312 g/mol. The predicted octanol–water partition coefficient (Wildman–Crippen LogP) is 7.58. The summed E-state index contributed by atoms with van der Waals surface area (Å²) >= 11 is 5.81. The first-order valence-corrected chi connectivity index (χ1v) is 9.98. The second-order valence-electron chi connectivity index (χ2n) is 6.29. The molecule has 0 unspecified atom stereocenters. The Labute approximate surface area is 137 Å². The van der Waals surface area contributed by atoms with Crippen LogP contribution in [0, 0.1) is 0 Å². The van der Waals surface area contributed by atoms with Crippen LogP contribution in [0.5, 0.6) is 0 Å². The minimum atomic E-state index is 0.607. The van der Waals surface area contributed by atoms with E-state index in [1.165, 1.54) is 40.7 Å². The van der Waals surface area contributed by atoms with E-state index in [0.29, 0.717) is 11.8 Å². The Bertz CT molecular complexity index is 871. The Hall–Kier alpha value is -0.900. The smallest absolute Gasteiger partial charge is 0.0530 e. The molecule has 0 bridgehead atoms. The second kappa shape index (κ2) is 4.80. The molecule has 0 aliphatic heterocycles. The van der Waals surface area contributed by atoms with E-state index < -0.39 is 0 Å². The zero-order chi connectivity index (χ0) is 14.7. The third kappa shape index (κ3) is 1.98. The van der Waals surface area contributed by atoms with Crippen molar-refractivity contribution < 1.29 is 0 Å². The summed E-state index contributed by atoms with van der Waals surface area (Å²) < 4.78 is 2.99. The number of thiophene rings is 3. The molecule has 0 N–H and O–H groups in total. The molecule has 0 radical (unpaired) electrons. The van der Waals surface area contributed by atoms with E-state index >= 15 is 0 Å². The van der Waals surface area contributed by atoms with Gasteiger partial charge in [0.05, 0.1) is 9.40 Å². The summed E-state index contributed by atoms with van der Waals surface area (Å²) in [6.45, 7) is 9.17. The van der Waals surface area contributed by atoms with Crippen molar-refractivity contribution >= 4 is 65.0 Å². The number of benzene rings is 1. The largest absolute Gasteiger partial charge is 0.151 e. The van der Waals surface area contributed by atoms with E-state index in [2.05, 4.69) is 50.6 Å². The van der Waals surface area contributed by atoms with Crippen molar-refractivity contribution in [2.75, 3.05) is 0 Å². The first-order valence-electron chi connectivity index (χ1n) is 7.41. The van der Waals surface area contributed by atoms with Gasteiger partial charge in [0.15, 0.2) is 0 Å². The van der Waals surface area contributed by atoms with Crippen molar-refractivity contribution in [2.45, 2.75) is 39.5 Å². The quantitative estimate of drug-likeness (QED) is 0.355. The minimum Gasteiger partial charge on any atom is -0.151 e. The summed E-state index contributed by atoms with van der Waals surface area (Å²) in [5, 5.41) is 10.5. The van der Waals surface area contributed by atoms with Gasteiger partial charge in [0, 0.05) is 31.3 Å². The Morgan fingerprint density at radius 2 is 1.10 bits per heavy atom. The maximum atomic E-state index is 2.42.